The van der Waals surface area contributed by atoms with E-state index in [1.165, 1.54) is 0 Å². The summed E-state index contributed by atoms with van der Waals surface area (Å²) in [7, 11) is -3.54. The lowest BCUT2D eigenvalue weighted by Crippen LogP contribution is -2.40. The fourth-order valence-corrected chi connectivity index (χ4v) is 2.74. The highest BCUT2D eigenvalue weighted by atomic mass is 32.2. The highest BCUT2D eigenvalue weighted by Gasteiger charge is 2.20. The molecule has 1 aromatic carbocycles. The Balaban J connectivity index is 2.03. The standard InChI is InChI=1S/C15H17N3O3S/c1-22(20,21)18(14-7-3-2-4-8-14)12-15(19)17-11-13-6-5-9-16-10-13/h2-10H,11-12H2,1H3,(H,17,19). The van der Waals surface area contributed by atoms with Gasteiger partial charge in [-0.2, -0.15) is 0 Å². The van der Waals surface area contributed by atoms with Crippen LogP contribution >= 0.6 is 0 Å². The second-order valence-corrected chi connectivity index (χ2v) is 6.65. The second-order valence-electron chi connectivity index (χ2n) is 4.74. The van der Waals surface area contributed by atoms with Crippen LogP contribution in [0.1, 0.15) is 5.56 Å². The van der Waals surface area contributed by atoms with Crippen LogP contribution in [0.3, 0.4) is 0 Å². The molecule has 0 bridgehead atoms. The number of pyridine rings is 1. The van der Waals surface area contributed by atoms with Gasteiger partial charge in [0, 0.05) is 18.9 Å². The largest absolute Gasteiger partial charge is 0.350 e. The zero-order chi connectivity index (χ0) is 16.0. The molecule has 22 heavy (non-hydrogen) atoms. The Morgan fingerprint density at radius 1 is 1.18 bits per heavy atom. The number of nitrogens with zero attached hydrogens (tertiary/aromatic N) is 2. The van der Waals surface area contributed by atoms with Gasteiger partial charge in [0.15, 0.2) is 0 Å². The van der Waals surface area contributed by atoms with E-state index in [2.05, 4.69) is 10.3 Å². The highest BCUT2D eigenvalue weighted by Crippen LogP contribution is 2.16. The van der Waals surface area contributed by atoms with Crippen LogP contribution < -0.4 is 9.62 Å². The molecule has 0 fully saturated rings. The summed E-state index contributed by atoms with van der Waals surface area (Å²) in [6.45, 7) is 0.0438. The van der Waals surface area contributed by atoms with E-state index >= 15 is 0 Å². The molecule has 0 radical (unpaired) electrons. The van der Waals surface area contributed by atoms with Crippen molar-refractivity contribution in [3.8, 4) is 0 Å². The number of rotatable bonds is 6. The topological polar surface area (TPSA) is 79.4 Å². The Morgan fingerprint density at radius 3 is 2.50 bits per heavy atom. The van der Waals surface area contributed by atoms with E-state index in [1.807, 2.05) is 6.07 Å². The van der Waals surface area contributed by atoms with Crippen molar-refractivity contribution in [2.24, 2.45) is 0 Å². The van der Waals surface area contributed by atoms with E-state index in [0.29, 0.717) is 12.2 Å². The number of nitrogens with one attached hydrogen (secondary N) is 1. The van der Waals surface area contributed by atoms with Crippen molar-refractivity contribution in [2.75, 3.05) is 17.1 Å². The Labute approximate surface area is 129 Å². The van der Waals surface area contributed by atoms with Gasteiger partial charge in [-0.05, 0) is 23.8 Å². The minimum Gasteiger partial charge on any atom is -0.350 e. The first kappa shape index (κ1) is 16.0. The number of hydrogen-bond donors (Lipinski definition) is 1. The number of anilines is 1. The fraction of sp³-hybridized carbons (Fsp3) is 0.200. The maximum Gasteiger partial charge on any atom is 0.241 e. The molecule has 0 aliphatic heterocycles. The van der Waals surface area contributed by atoms with Crippen molar-refractivity contribution in [3.05, 3.63) is 60.4 Å². The molecule has 1 N–H and O–H groups in total. The molecule has 116 valence electrons. The van der Waals surface area contributed by atoms with E-state index in [9.17, 15) is 13.2 Å². The van der Waals surface area contributed by atoms with E-state index in [-0.39, 0.29) is 12.5 Å². The lowest BCUT2D eigenvalue weighted by atomic mass is 10.3. The zero-order valence-corrected chi connectivity index (χ0v) is 13.0. The van der Waals surface area contributed by atoms with Gasteiger partial charge >= 0.3 is 0 Å². The summed E-state index contributed by atoms with van der Waals surface area (Å²) in [6, 6.07) is 12.1. The molecule has 0 atom stereocenters. The smallest absolute Gasteiger partial charge is 0.241 e. The van der Waals surface area contributed by atoms with Gasteiger partial charge < -0.3 is 5.32 Å². The molecule has 0 spiro atoms. The number of hydrogen-bond acceptors (Lipinski definition) is 4. The van der Waals surface area contributed by atoms with Gasteiger partial charge in [-0.25, -0.2) is 8.42 Å². The molecule has 2 rings (SSSR count). The third-order valence-electron chi connectivity index (χ3n) is 2.94. The number of carbonyl (C=O) groups is 1. The maximum atomic E-state index is 12.0. The average molecular weight is 319 g/mol. The first-order chi connectivity index (χ1) is 10.5. The van der Waals surface area contributed by atoms with E-state index in [1.54, 1.807) is 48.8 Å². The first-order valence-electron chi connectivity index (χ1n) is 6.65. The van der Waals surface area contributed by atoms with Crippen molar-refractivity contribution in [3.63, 3.8) is 0 Å². The molecule has 1 heterocycles. The van der Waals surface area contributed by atoms with Crippen LogP contribution in [-0.4, -0.2) is 32.1 Å². The summed E-state index contributed by atoms with van der Waals surface area (Å²) in [5, 5.41) is 2.69. The van der Waals surface area contributed by atoms with Crippen LogP contribution in [0.5, 0.6) is 0 Å². The Hall–Kier alpha value is -2.41. The molecular formula is C15H17N3O3S. The number of aromatic nitrogens is 1. The van der Waals surface area contributed by atoms with Gasteiger partial charge in [-0.1, -0.05) is 24.3 Å². The molecular weight excluding hydrogens is 302 g/mol. The predicted molar refractivity (Wildman–Crippen MR) is 84.7 cm³/mol. The van der Waals surface area contributed by atoms with Gasteiger partial charge in [-0.3, -0.25) is 14.1 Å². The molecule has 1 amide bonds. The molecule has 0 unspecified atom stereocenters. The number of benzene rings is 1. The van der Waals surface area contributed by atoms with E-state index in [0.717, 1.165) is 16.1 Å². The summed E-state index contributed by atoms with van der Waals surface area (Å²) >= 11 is 0. The molecule has 0 saturated carbocycles. The normalized spacial score (nSPS) is 11.0. The van der Waals surface area contributed by atoms with Crippen LogP contribution in [0.2, 0.25) is 0 Å². The third-order valence-corrected chi connectivity index (χ3v) is 4.08. The van der Waals surface area contributed by atoms with Crippen LogP contribution in [0.4, 0.5) is 5.69 Å². The molecule has 1 aromatic heterocycles. The van der Waals surface area contributed by atoms with Gasteiger partial charge in [0.05, 0.1) is 11.9 Å². The fourth-order valence-electron chi connectivity index (χ4n) is 1.88. The molecule has 6 nitrogen and oxygen atoms in total. The molecule has 7 heteroatoms. The number of para-hydroxylation sites is 1. The van der Waals surface area contributed by atoms with Gasteiger partial charge in [0.1, 0.15) is 6.54 Å². The first-order valence-corrected chi connectivity index (χ1v) is 8.50. The second kappa shape index (κ2) is 7.04. The number of sulfonamides is 1. The average Bonchev–Trinajstić information content (AvgIpc) is 2.51. The summed E-state index contributed by atoms with van der Waals surface area (Å²) in [5.74, 6) is -0.377. The van der Waals surface area contributed by atoms with Crippen LogP contribution in [0.15, 0.2) is 54.9 Å². The van der Waals surface area contributed by atoms with Gasteiger partial charge in [0.2, 0.25) is 15.9 Å². The lowest BCUT2D eigenvalue weighted by Gasteiger charge is -2.21. The van der Waals surface area contributed by atoms with Crippen molar-refractivity contribution < 1.29 is 13.2 Å². The molecule has 0 aliphatic rings. The van der Waals surface area contributed by atoms with E-state index < -0.39 is 10.0 Å². The monoisotopic (exact) mass is 319 g/mol. The summed E-state index contributed by atoms with van der Waals surface area (Å²) in [4.78, 5) is 16.0. The van der Waals surface area contributed by atoms with Crippen LogP contribution in [-0.2, 0) is 21.4 Å². The van der Waals surface area contributed by atoms with Crippen molar-refractivity contribution in [2.45, 2.75) is 6.54 Å². The Bertz CT molecular complexity index is 718. The highest BCUT2D eigenvalue weighted by molar-refractivity contribution is 7.92. The zero-order valence-electron chi connectivity index (χ0n) is 12.1. The maximum absolute atomic E-state index is 12.0. The van der Waals surface area contributed by atoms with E-state index in [4.69, 9.17) is 0 Å². The lowest BCUT2D eigenvalue weighted by molar-refractivity contribution is -0.119. The quantitative estimate of drug-likeness (QED) is 0.866. The SMILES string of the molecule is CS(=O)(=O)N(CC(=O)NCc1cccnc1)c1ccccc1. The van der Waals surface area contributed by atoms with Crippen LogP contribution in [0, 0.1) is 0 Å². The van der Waals surface area contributed by atoms with Crippen molar-refractivity contribution in [1.29, 1.82) is 0 Å². The molecule has 0 saturated heterocycles. The van der Waals surface area contributed by atoms with Crippen molar-refractivity contribution in [1.82, 2.24) is 10.3 Å². The minimum atomic E-state index is -3.54. The molecule has 0 aliphatic carbocycles. The summed E-state index contributed by atoms with van der Waals surface area (Å²) in [5.41, 5.74) is 1.31. The Kier molecular flexibility index (Phi) is 5.11. The summed E-state index contributed by atoms with van der Waals surface area (Å²) in [6.07, 6.45) is 4.37. The predicted octanol–water partition coefficient (Wildman–Crippen LogP) is 1.16. The van der Waals surface area contributed by atoms with Crippen LogP contribution in [0.25, 0.3) is 0 Å². The van der Waals surface area contributed by atoms with Gasteiger partial charge in [-0.15, -0.1) is 0 Å². The third kappa shape index (κ3) is 4.56. The number of carbonyl (C=O) groups excluding carboxylic acids is 1. The number of amides is 1. The molecule has 2 aromatic rings. The minimum absolute atomic E-state index is 0.261. The van der Waals surface area contributed by atoms with Crippen molar-refractivity contribution >= 4 is 21.6 Å². The summed E-state index contributed by atoms with van der Waals surface area (Å²) < 4.78 is 24.8. The Morgan fingerprint density at radius 2 is 1.91 bits per heavy atom. The van der Waals surface area contributed by atoms with Gasteiger partial charge in [0.25, 0.3) is 0 Å².